The lowest BCUT2D eigenvalue weighted by Gasteiger charge is -2.11. The molecular weight excluding hydrogens is 435 g/mol. The SMILES string of the molecule is COc1ccc(CNC(=O)COC(=O)CNC(=O)c2ccc(Cl)cc2Cl)cc1OC. The van der Waals surface area contributed by atoms with Crippen molar-refractivity contribution in [1.82, 2.24) is 10.6 Å². The zero-order chi connectivity index (χ0) is 22.1. The number of ether oxygens (including phenoxy) is 3. The molecule has 0 saturated heterocycles. The van der Waals surface area contributed by atoms with Gasteiger partial charge in [-0.25, -0.2) is 0 Å². The minimum absolute atomic E-state index is 0.155. The van der Waals surface area contributed by atoms with Crippen molar-refractivity contribution >= 4 is 41.0 Å². The molecule has 2 rings (SSSR count). The molecule has 0 heterocycles. The number of hydrogen-bond donors (Lipinski definition) is 2. The molecule has 2 N–H and O–H groups in total. The van der Waals surface area contributed by atoms with Gasteiger partial charge in [0.05, 0.1) is 24.8 Å². The molecular formula is C20H20Cl2N2O6. The van der Waals surface area contributed by atoms with Crippen LogP contribution in [0.3, 0.4) is 0 Å². The highest BCUT2D eigenvalue weighted by Gasteiger charge is 2.14. The fourth-order valence-electron chi connectivity index (χ4n) is 2.36. The summed E-state index contributed by atoms with van der Waals surface area (Å²) in [6.45, 7) is -0.688. The molecule has 30 heavy (non-hydrogen) atoms. The molecule has 0 aliphatic heterocycles. The van der Waals surface area contributed by atoms with Crippen LogP contribution in [-0.4, -0.2) is 45.2 Å². The molecule has 0 atom stereocenters. The first-order valence-electron chi connectivity index (χ1n) is 8.70. The van der Waals surface area contributed by atoms with E-state index in [-0.39, 0.29) is 17.1 Å². The summed E-state index contributed by atoms with van der Waals surface area (Å²) in [5.41, 5.74) is 0.945. The van der Waals surface area contributed by atoms with Gasteiger partial charge >= 0.3 is 5.97 Å². The fourth-order valence-corrected chi connectivity index (χ4v) is 2.85. The summed E-state index contributed by atoms with van der Waals surface area (Å²) < 4.78 is 15.2. The second-order valence-corrected chi connectivity index (χ2v) is 6.78. The molecule has 0 saturated carbocycles. The Kier molecular flexibility index (Phi) is 8.76. The number of rotatable bonds is 9. The van der Waals surface area contributed by atoms with E-state index in [1.807, 2.05) is 0 Å². The first-order valence-corrected chi connectivity index (χ1v) is 9.46. The zero-order valence-electron chi connectivity index (χ0n) is 16.3. The third-order valence-electron chi connectivity index (χ3n) is 3.87. The van der Waals surface area contributed by atoms with Crippen LogP contribution >= 0.6 is 23.2 Å². The van der Waals surface area contributed by atoms with Crippen LogP contribution in [0.2, 0.25) is 10.0 Å². The topological polar surface area (TPSA) is 103 Å². The van der Waals surface area contributed by atoms with Gasteiger partial charge < -0.3 is 24.8 Å². The lowest BCUT2D eigenvalue weighted by Crippen LogP contribution is -2.33. The Balaban J connectivity index is 1.74. The van der Waals surface area contributed by atoms with Crippen LogP contribution in [0.5, 0.6) is 11.5 Å². The number of nitrogens with one attached hydrogen (secondary N) is 2. The van der Waals surface area contributed by atoms with E-state index in [0.717, 1.165) is 5.56 Å². The molecule has 0 aliphatic carbocycles. The minimum Gasteiger partial charge on any atom is -0.493 e. The fraction of sp³-hybridized carbons (Fsp3) is 0.250. The Morgan fingerprint density at radius 2 is 1.67 bits per heavy atom. The minimum atomic E-state index is -0.769. The maximum absolute atomic E-state index is 12.0. The van der Waals surface area contributed by atoms with Crippen LogP contribution in [0.1, 0.15) is 15.9 Å². The monoisotopic (exact) mass is 454 g/mol. The van der Waals surface area contributed by atoms with Crippen molar-refractivity contribution in [1.29, 1.82) is 0 Å². The standard InChI is InChI=1S/C20H20Cl2N2O6/c1-28-16-6-3-12(7-17(16)29-2)9-23-18(25)11-30-19(26)10-24-20(27)14-5-4-13(21)8-15(14)22/h3-8H,9-11H2,1-2H3,(H,23,25)(H,24,27). The van der Waals surface area contributed by atoms with E-state index in [0.29, 0.717) is 16.5 Å². The zero-order valence-corrected chi connectivity index (χ0v) is 17.8. The van der Waals surface area contributed by atoms with Crippen LogP contribution in [0, 0.1) is 0 Å². The largest absolute Gasteiger partial charge is 0.493 e. The van der Waals surface area contributed by atoms with E-state index >= 15 is 0 Å². The van der Waals surface area contributed by atoms with Crippen LogP contribution in [-0.2, 0) is 20.9 Å². The average molecular weight is 455 g/mol. The molecule has 2 amide bonds. The first kappa shape index (κ1) is 23.3. The number of halogens is 2. The molecule has 0 aromatic heterocycles. The third-order valence-corrected chi connectivity index (χ3v) is 4.42. The lowest BCUT2D eigenvalue weighted by atomic mass is 10.2. The van der Waals surface area contributed by atoms with E-state index in [9.17, 15) is 14.4 Å². The Hall–Kier alpha value is -2.97. The van der Waals surface area contributed by atoms with E-state index < -0.39 is 30.9 Å². The molecule has 0 radical (unpaired) electrons. The number of hydrogen-bond acceptors (Lipinski definition) is 6. The molecule has 0 fully saturated rings. The summed E-state index contributed by atoms with van der Waals surface area (Å²) in [5.74, 6) is -0.720. The molecule has 10 heteroatoms. The maximum Gasteiger partial charge on any atom is 0.325 e. The van der Waals surface area contributed by atoms with E-state index in [1.54, 1.807) is 18.2 Å². The van der Waals surface area contributed by atoms with E-state index in [2.05, 4.69) is 10.6 Å². The van der Waals surface area contributed by atoms with Gasteiger partial charge in [0.1, 0.15) is 6.54 Å². The van der Waals surface area contributed by atoms with Crippen LogP contribution in [0.15, 0.2) is 36.4 Å². The molecule has 2 aromatic carbocycles. The van der Waals surface area contributed by atoms with Gasteiger partial charge in [-0.1, -0.05) is 29.3 Å². The summed E-state index contributed by atoms with van der Waals surface area (Å²) in [4.78, 5) is 35.7. The summed E-state index contributed by atoms with van der Waals surface area (Å²) >= 11 is 11.7. The molecule has 0 bridgehead atoms. The third kappa shape index (κ3) is 6.82. The molecule has 0 aliphatic rings. The number of benzene rings is 2. The summed E-state index contributed by atoms with van der Waals surface area (Å²) in [6.07, 6.45) is 0. The highest BCUT2D eigenvalue weighted by atomic mass is 35.5. The Labute approximate surface area is 183 Å². The van der Waals surface area contributed by atoms with Crippen molar-refractivity contribution in [2.75, 3.05) is 27.4 Å². The number of methoxy groups -OCH3 is 2. The van der Waals surface area contributed by atoms with E-state index in [1.165, 1.54) is 32.4 Å². The van der Waals surface area contributed by atoms with Gasteiger partial charge in [0.2, 0.25) is 0 Å². The van der Waals surface area contributed by atoms with Gasteiger partial charge in [0.15, 0.2) is 18.1 Å². The van der Waals surface area contributed by atoms with Crippen molar-refractivity contribution in [3.63, 3.8) is 0 Å². The van der Waals surface area contributed by atoms with Gasteiger partial charge in [-0.15, -0.1) is 0 Å². The summed E-state index contributed by atoms with van der Waals surface area (Å²) in [7, 11) is 3.04. The van der Waals surface area contributed by atoms with Crippen LogP contribution in [0.25, 0.3) is 0 Å². The van der Waals surface area contributed by atoms with Crippen LogP contribution < -0.4 is 20.1 Å². The highest BCUT2D eigenvalue weighted by molar-refractivity contribution is 6.36. The quantitative estimate of drug-likeness (QED) is 0.564. The number of amides is 2. The van der Waals surface area contributed by atoms with Gasteiger partial charge in [-0.3, -0.25) is 14.4 Å². The van der Waals surface area contributed by atoms with Gasteiger partial charge in [0, 0.05) is 11.6 Å². The van der Waals surface area contributed by atoms with Crippen molar-refractivity contribution < 1.29 is 28.6 Å². The Morgan fingerprint density at radius 3 is 2.33 bits per heavy atom. The maximum atomic E-state index is 12.0. The smallest absolute Gasteiger partial charge is 0.325 e. The molecule has 160 valence electrons. The number of carbonyl (C=O) groups excluding carboxylic acids is 3. The predicted octanol–water partition coefficient (Wildman–Crippen LogP) is 2.60. The summed E-state index contributed by atoms with van der Waals surface area (Å²) in [5, 5.41) is 5.52. The highest BCUT2D eigenvalue weighted by Crippen LogP contribution is 2.27. The van der Waals surface area contributed by atoms with Gasteiger partial charge in [-0.05, 0) is 35.9 Å². The van der Waals surface area contributed by atoms with Crippen molar-refractivity contribution in [3.8, 4) is 11.5 Å². The summed E-state index contributed by atoms with van der Waals surface area (Å²) in [6, 6.07) is 9.57. The molecule has 8 nitrogen and oxygen atoms in total. The second kappa shape index (κ2) is 11.3. The molecule has 0 unspecified atom stereocenters. The van der Waals surface area contributed by atoms with Crippen molar-refractivity contribution in [2.24, 2.45) is 0 Å². The Morgan fingerprint density at radius 1 is 0.933 bits per heavy atom. The average Bonchev–Trinajstić information content (AvgIpc) is 2.74. The number of esters is 1. The van der Waals surface area contributed by atoms with Gasteiger partial charge in [-0.2, -0.15) is 0 Å². The predicted molar refractivity (Wildman–Crippen MR) is 111 cm³/mol. The van der Waals surface area contributed by atoms with Gasteiger partial charge in [0.25, 0.3) is 11.8 Å². The Bertz CT molecular complexity index is 936. The molecule has 0 spiro atoms. The van der Waals surface area contributed by atoms with Crippen molar-refractivity contribution in [3.05, 3.63) is 57.6 Å². The second-order valence-electron chi connectivity index (χ2n) is 5.93. The number of carbonyl (C=O) groups is 3. The van der Waals surface area contributed by atoms with Crippen molar-refractivity contribution in [2.45, 2.75) is 6.54 Å². The lowest BCUT2D eigenvalue weighted by molar-refractivity contribution is -0.147. The van der Waals surface area contributed by atoms with Crippen LogP contribution in [0.4, 0.5) is 0 Å². The molecule has 2 aromatic rings. The first-order chi connectivity index (χ1) is 14.3. The normalized spacial score (nSPS) is 10.1. The van der Waals surface area contributed by atoms with E-state index in [4.69, 9.17) is 37.4 Å².